The van der Waals surface area contributed by atoms with E-state index in [2.05, 4.69) is 10.1 Å². The van der Waals surface area contributed by atoms with Gasteiger partial charge in [0.15, 0.2) is 5.76 Å². The SMILES string of the molecule is CCN(Cc1cc(C)no1)C1COCC1C(=O)O. The van der Waals surface area contributed by atoms with E-state index in [9.17, 15) is 4.79 Å². The molecule has 1 aliphatic rings. The Labute approximate surface area is 106 Å². The molecule has 1 fully saturated rings. The van der Waals surface area contributed by atoms with Crippen molar-refractivity contribution in [1.82, 2.24) is 10.1 Å². The molecular weight excluding hydrogens is 236 g/mol. The lowest BCUT2D eigenvalue weighted by molar-refractivity contribution is -0.143. The van der Waals surface area contributed by atoms with Gasteiger partial charge in [0.25, 0.3) is 0 Å². The zero-order valence-electron chi connectivity index (χ0n) is 10.6. The smallest absolute Gasteiger partial charge is 0.310 e. The molecule has 0 aliphatic carbocycles. The first-order valence-electron chi connectivity index (χ1n) is 6.08. The predicted molar refractivity (Wildman–Crippen MR) is 63.1 cm³/mol. The van der Waals surface area contributed by atoms with E-state index >= 15 is 0 Å². The Morgan fingerprint density at radius 2 is 2.39 bits per heavy atom. The Kier molecular flexibility index (Phi) is 3.98. The van der Waals surface area contributed by atoms with E-state index in [1.165, 1.54) is 0 Å². The van der Waals surface area contributed by atoms with Gasteiger partial charge in [-0.3, -0.25) is 9.69 Å². The van der Waals surface area contributed by atoms with Crippen LogP contribution in [0.2, 0.25) is 0 Å². The highest BCUT2D eigenvalue weighted by atomic mass is 16.5. The van der Waals surface area contributed by atoms with Gasteiger partial charge in [-0.25, -0.2) is 0 Å². The first kappa shape index (κ1) is 13.0. The van der Waals surface area contributed by atoms with Crippen molar-refractivity contribution in [2.75, 3.05) is 19.8 Å². The molecule has 0 saturated carbocycles. The van der Waals surface area contributed by atoms with Gasteiger partial charge in [0.05, 0.1) is 31.4 Å². The highest BCUT2D eigenvalue weighted by Crippen LogP contribution is 2.22. The average Bonchev–Trinajstić information content (AvgIpc) is 2.94. The minimum Gasteiger partial charge on any atom is -0.481 e. The Balaban J connectivity index is 2.06. The summed E-state index contributed by atoms with van der Waals surface area (Å²) in [5.41, 5.74) is 0.832. The lowest BCUT2D eigenvalue weighted by Crippen LogP contribution is -2.42. The molecule has 1 saturated heterocycles. The molecule has 1 aromatic rings. The summed E-state index contributed by atoms with van der Waals surface area (Å²) in [7, 11) is 0. The number of aryl methyl sites for hydroxylation is 1. The fourth-order valence-corrected chi connectivity index (χ4v) is 2.29. The fraction of sp³-hybridized carbons (Fsp3) is 0.667. The monoisotopic (exact) mass is 254 g/mol. The van der Waals surface area contributed by atoms with Gasteiger partial charge >= 0.3 is 5.97 Å². The fourth-order valence-electron chi connectivity index (χ4n) is 2.29. The molecule has 1 aliphatic heterocycles. The molecule has 0 aromatic carbocycles. The minimum atomic E-state index is -0.801. The van der Waals surface area contributed by atoms with Crippen molar-refractivity contribution in [2.45, 2.75) is 26.4 Å². The summed E-state index contributed by atoms with van der Waals surface area (Å²) < 4.78 is 10.5. The van der Waals surface area contributed by atoms with Gasteiger partial charge in [-0.05, 0) is 13.5 Å². The van der Waals surface area contributed by atoms with Crippen molar-refractivity contribution in [1.29, 1.82) is 0 Å². The van der Waals surface area contributed by atoms with Crippen molar-refractivity contribution in [2.24, 2.45) is 5.92 Å². The highest BCUT2D eigenvalue weighted by Gasteiger charge is 2.37. The first-order chi connectivity index (χ1) is 8.61. The maximum absolute atomic E-state index is 11.1. The van der Waals surface area contributed by atoms with Crippen LogP contribution in [0.5, 0.6) is 0 Å². The average molecular weight is 254 g/mol. The Hall–Kier alpha value is -1.40. The summed E-state index contributed by atoms with van der Waals surface area (Å²) in [5, 5.41) is 13.0. The second kappa shape index (κ2) is 5.49. The predicted octanol–water partition coefficient (Wildman–Crippen LogP) is 0.905. The summed E-state index contributed by atoms with van der Waals surface area (Å²) >= 11 is 0. The molecule has 2 heterocycles. The third-order valence-corrected chi connectivity index (χ3v) is 3.28. The van der Waals surface area contributed by atoms with Crippen LogP contribution in [0.1, 0.15) is 18.4 Å². The molecule has 2 atom stereocenters. The molecule has 1 N–H and O–H groups in total. The number of carboxylic acids is 1. The number of hydrogen-bond donors (Lipinski definition) is 1. The second-order valence-electron chi connectivity index (χ2n) is 4.55. The molecule has 2 rings (SSSR count). The van der Waals surface area contributed by atoms with Crippen molar-refractivity contribution >= 4 is 5.97 Å². The Morgan fingerprint density at radius 1 is 1.61 bits per heavy atom. The molecule has 0 amide bonds. The summed E-state index contributed by atoms with van der Waals surface area (Å²) in [5.74, 6) is -0.510. The third kappa shape index (κ3) is 2.70. The molecule has 0 radical (unpaired) electrons. The maximum atomic E-state index is 11.1. The van der Waals surface area contributed by atoms with Crippen molar-refractivity contribution in [3.63, 3.8) is 0 Å². The summed E-state index contributed by atoms with van der Waals surface area (Å²) in [4.78, 5) is 13.2. The van der Waals surface area contributed by atoms with E-state index in [-0.39, 0.29) is 12.6 Å². The number of aromatic nitrogens is 1. The van der Waals surface area contributed by atoms with Gasteiger partial charge in [0, 0.05) is 12.1 Å². The summed E-state index contributed by atoms with van der Waals surface area (Å²) in [6, 6.07) is 1.77. The van der Waals surface area contributed by atoms with Crippen LogP contribution in [0, 0.1) is 12.8 Å². The minimum absolute atomic E-state index is 0.0992. The number of carbonyl (C=O) groups is 1. The lowest BCUT2D eigenvalue weighted by atomic mass is 10.0. The van der Waals surface area contributed by atoms with Gasteiger partial charge in [0.2, 0.25) is 0 Å². The molecule has 2 unspecified atom stereocenters. The topological polar surface area (TPSA) is 75.8 Å². The van der Waals surface area contributed by atoms with Crippen LogP contribution in [0.3, 0.4) is 0 Å². The van der Waals surface area contributed by atoms with Crippen LogP contribution in [-0.4, -0.2) is 46.9 Å². The van der Waals surface area contributed by atoms with E-state index in [4.69, 9.17) is 14.4 Å². The van der Waals surface area contributed by atoms with Crippen molar-refractivity contribution in [3.05, 3.63) is 17.5 Å². The van der Waals surface area contributed by atoms with Crippen LogP contribution in [0.4, 0.5) is 0 Å². The normalized spacial score (nSPS) is 23.7. The molecule has 100 valence electrons. The number of ether oxygens (including phenoxy) is 1. The van der Waals surface area contributed by atoms with E-state index < -0.39 is 11.9 Å². The lowest BCUT2D eigenvalue weighted by Gasteiger charge is -2.27. The van der Waals surface area contributed by atoms with E-state index in [0.717, 1.165) is 18.0 Å². The quantitative estimate of drug-likeness (QED) is 0.841. The molecule has 0 spiro atoms. The Morgan fingerprint density at radius 3 is 2.94 bits per heavy atom. The van der Waals surface area contributed by atoms with Crippen LogP contribution < -0.4 is 0 Å². The van der Waals surface area contributed by atoms with Gasteiger partial charge in [-0.15, -0.1) is 0 Å². The Bertz CT molecular complexity index is 418. The zero-order chi connectivity index (χ0) is 13.1. The van der Waals surface area contributed by atoms with Crippen LogP contribution in [-0.2, 0) is 16.1 Å². The number of hydrogen-bond acceptors (Lipinski definition) is 5. The molecule has 6 nitrogen and oxygen atoms in total. The van der Waals surface area contributed by atoms with Gasteiger partial charge in [0.1, 0.15) is 0 Å². The number of rotatable bonds is 5. The standard InChI is InChI=1S/C12H18N2O4/c1-3-14(5-9-4-8(2)13-18-9)11-7-17-6-10(11)12(15)16/h4,10-11H,3,5-7H2,1-2H3,(H,15,16). The number of carboxylic acid groups (broad SMARTS) is 1. The van der Waals surface area contributed by atoms with Crippen LogP contribution in [0.25, 0.3) is 0 Å². The highest BCUT2D eigenvalue weighted by molar-refractivity contribution is 5.71. The number of likely N-dealkylation sites (N-methyl/N-ethyl adjacent to an activating group) is 1. The molecule has 0 bridgehead atoms. The number of nitrogens with zero attached hydrogens (tertiary/aromatic N) is 2. The van der Waals surface area contributed by atoms with Crippen LogP contribution >= 0.6 is 0 Å². The van der Waals surface area contributed by atoms with Crippen LogP contribution in [0.15, 0.2) is 10.6 Å². The molecule has 18 heavy (non-hydrogen) atoms. The molecule has 6 heteroatoms. The van der Waals surface area contributed by atoms with E-state index in [1.54, 1.807) is 0 Å². The zero-order valence-corrected chi connectivity index (χ0v) is 10.6. The summed E-state index contributed by atoms with van der Waals surface area (Å²) in [6.07, 6.45) is 0. The largest absolute Gasteiger partial charge is 0.481 e. The van der Waals surface area contributed by atoms with Crippen molar-refractivity contribution < 1.29 is 19.2 Å². The van der Waals surface area contributed by atoms with Gasteiger partial charge in [-0.1, -0.05) is 12.1 Å². The van der Waals surface area contributed by atoms with E-state index in [0.29, 0.717) is 13.2 Å². The number of aliphatic carboxylic acids is 1. The van der Waals surface area contributed by atoms with E-state index in [1.807, 2.05) is 19.9 Å². The van der Waals surface area contributed by atoms with Gasteiger partial charge < -0.3 is 14.4 Å². The maximum Gasteiger partial charge on any atom is 0.310 e. The molecule has 1 aromatic heterocycles. The van der Waals surface area contributed by atoms with Crippen molar-refractivity contribution in [3.8, 4) is 0 Å². The third-order valence-electron chi connectivity index (χ3n) is 3.28. The van der Waals surface area contributed by atoms with Gasteiger partial charge in [-0.2, -0.15) is 0 Å². The second-order valence-corrected chi connectivity index (χ2v) is 4.55. The first-order valence-corrected chi connectivity index (χ1v) is 6.08. The summed E-state index contributed by atoms with van der Waals surface area (Å²) in [6.45, 7) is 5.92. The molecular formula is C12H18N2O4.